The second kappa shape index (κ2) is 5.77. The number of carboxylic acid groups (broad SMARTS) is 1. The van der Waals surface area contributed by atoms with Crippen LogP contribution in [0, 0.1) is 5.41 Å². The van der Waals surface area contributed by atoms with Crippen LogP contribution in [0.5, 0.6) is 0 Å². The Hall–Kier alpha value is -0.420. The molecule has 0 heterocycles. The minimum absolute atomic E-state index is 0.0294. The van der Waals surface area contributed by atoms with Crippen molar-refractivity contribution < 1.29 is 29.6 Å². The van der Waals surface area contributed by atoms with Gasteiger partial charge in [0.15, 0.2) is 0 Å². The minimum atomic E-state index is -3.85. The molecule has 0 aliphatic carbocycles. The molecule has 0 fully saturated rings. The van der Waals surface area contributed by atoms with Gasteiger partial charge < -0.3 is 20.2 Å². The van der Waals surface area contributed by atoms with Gasteiger partial charge in [0.2, 0.25) is 7.37 Å². The average molecular weight is 254 g/mol. The van der Waals surface area contributed by atoms with E-state index in [0.29, 0.717) is 0 Å². The quantitative estimate of drug-likeness (QED) is 0.490. The molecule has 0 aliphatic heterocycles. The predicted octanol–water partition coefficient (Wildman–Crippen LogP) is 0.458. The van der Waals surface area contributed by atoms with Gasteiger partial charge in [-0.05, 0) is 6.42 Å². The Balaban J connectivity index is 4.43. The number of aliphatic hydroxyl groups excluding tert-OH is 2. The maximum absolute atomic E-state index is 11.7. The van der Waals surface area contributed by atoms with Crippen molar-refractivity contribution in [3.8, 4) is 0 Å². The van der Waals surface area contributed by atoms with Crippen LogP contribution in [-0.4, -0.2) is 44.8 Å². The van der Waals surface area contributed by atoms with Crippen molar-refractivity contribution in [3.05, 3.63) is 0 Å². The Morgan fingerprint density at radius 3 is 2.31 bits per heavy atom. The fourth-order valence-electron chi connectivity index (χ4n) is 1.21. The number of carboxylic acids is 1. The molecule has 0 aromatic heterocycles. The van der Waals surface area contributed by atoms with E-state index in [1.165, 1.54) is 13.8 Å². The molecule has 0 rings (SSSR count). The second-order valence-electron chi connectivity index (χ2n) is 4.50. The Bertz CT molecular complexity index is 288. The first kappa shape index (κ1) is 15.6. The van der Waals surface area contributed by atoms with Gasteiger partial charge in [-0.25, -0.2) is 0 Å². The van der Waals surface area contributed by atoms with Crippen molar-refractivity contribution in [1.82, 2.24) is 0 Å². The molecule has 0 amide bonds. The Kier molecular flexibility index (Phi) is 5.62. The molecule has 16 heavy (non-hydrogen) atoms. The topological polar surface area (TPSA) is 115 Å². The van der Waals surface area contributed by atoms with Crippen molar-refractivity contribution >= 4 is 13.3 Å². The van der Waals surface area contributed by atoms with E-state index < -0.39 is 31.2 Å². The highest BCUT2D eigenvalue weighted by Crippen LogP contribution is 2.52. The second-order valence-corrected chi connectivity index (χ2v) is 6.94. The van der Waals surface area contributed by atoms with E-state index in [1.807, 2.05) is 0 Å². The van der Waals surface area contributed by atoms with Crippen LogP contribution in [0.1, 0.15) is 26.7 Å². The monoisotopic (exact) mass is 254 g/mol. The molecular formula is C9H19O6P. The van der Waals surface area contributed by atoms with Crippen molar-refractivity contribution in [3.63, 3.8) is 0 Å². The first-order valence-electron chi connectivity index (χ1n) is 4.95. The van der Waals surface area contributed by atoms with Crippen LogP contribution < -0.4 is 0 Å². The van der Waals surface area contributed by atoms with E-state index >= 15 is 0 Å². The van der Waals surface area contributed by atoms with Crippen LogP contribution in [0.2, 0.25) is 0 Å². The fraction of sp³-hybridized carbons (Fsp3) is 0.889. The van der Waals surface area contributed by atoms with Crippen LogP contribution in [-0.2, 0) is 9.36 Å². The summed E-state index contributed by atoms with van der Waals surface area (Å²) >= 11 is 0. The maximum atomic E-state index is 11.7. The smallest absolute Gasteiger partial charge is 0.303 e. The lowest BCUT2D eigenvalue weighted by atomic mass is 9.96. The Morgan fingerprint density at radius 1 is 1.44 bits per heavy atom. The van der Waals surface area contributed by atoms with E-state index in [4.69, 9.17) is 10.2 Å². The normalized spacial score (nSPS) is 17.8. The molecule has 2 atom stereocenters. The van der Waals surface area contributed by atoms with Crippen LogP contribution in [0.4, 0.5) is 0 Å². The molecule has 0 saturated heterocycles. The van der Waals surface area contributed by atoms with Gasteiger partial charge in [0, 0.05) is 18.0 Å². The third kappa shape index (κ3) is 4.61. The minimum Gasteiger partial charge on any atom is -0.481 e. The summed E-state index contributed by atoms with van der Waals surface area (Å²) in [4.78, 5) is 19.8. The highest BCUT2D eigenvalue weighted by atomic mass is 31.2. The highest BCUT2D eigenvalue weighted by molar-refractivity contribution is 7.58. The van der Waals surface area contributed by atoms with Crippen LogP contribution in [0.3, 0.4) is 0 Å². The molecule has 0 bridgehead atoms. The zero-order valence-corrected chi connectivity index (χ0v) is 10.4. The lowest BCUT2D eigenvalue weighted by Crippen LogP contribution is -2.33. The van der Waals surface area contributed by atoms with E-state index in [-0.39, 0.29) is 19.0 Å². The molecule has 2 unspecified atom stereocenters. The Labute approximate surface area is 94.4 Å². The van der Waals surface area contributed by atoms with Gasteiger partial charge in [-0.2, -0.15) is 0 Å². The number of aliphatic carboxylic acids is 1. The zero-order valence-electron chi connectivity index (χ0n) is 9.46. The predicted molar refractivity (Wildman–Crippen MR) is 58.4 cm³/mol. The molecule has 0 spiro atoms. The lowest BCUT2D eigenvalue weighted by molar-refractivity contribution is -0.137. The van der Waals surface area contributed by atoms with E-state index in [0.717, 1.165) is 0 Å². The number of rotatable bonds is 7. The molecule has 0 aromatic rings. The molecule has 6 nitrogen and oxygen atoms in total. The van der Waals surface area contributed by atoms with Crippen LogP contribution >= 0.6 is 7.37 Å². The largest absolute Gasteiger partial charge is 0.481 e. The van der Waals surface area contributed by atoms with Gasteiger partial charge in [0.25, 0.3) is 0 Å². The van der Waals surface area contributed by atoms with E-state index in [1.54, 1.807) is 0 Å². The Morgan fingerprint density at radius 2 is 1.94 bits per heavy atom. The van der Waals surface area contributed by atoms with Gasteiger partial charge >= 0.3 is 5.97 Å². The van der Waals surface area contributed by atoms with Crippen molar-refractivity contribution in [2.45, 2.75) is 32.5 Å². The first-order valence-corrected chi connectivity index (χ1v) is 6.87. The van der Waals surface area contributed by atoms with Crippen molar-refractivity contribution in [2.24, 2.45) is 5.41 Å². The van der Waals surface area contributed by atoms with Gasteiger partial charge in [-0.3, -0.25) is 9.36 Å². The van der Waals surface area contributed by atoms with Gasteiger partial charge in [0.1, 0.15) is 5.85 Å². The van der Waals surface area contributed by atoms with Crippen LogP contribution in [0.25, 0.3) is 0 Å². The summed E-state index contributed by atoms with van der Waals surface area (Å²) in [6.45, 7) is 2.52. The molecular weight excluding hydrogens is 235 g/mol. The summed E-state index contributed by atoms with van der Waals surface area (Å²) in [5.41, 5.74) is -1.08. The number of hydrogen-bond donors (Lipinski definition) is 4. The summed E-state index contributed by atoms with van der Waals surface area (Å²) in [7, 11) is -3.85. The summed E-state index contributed by atoms with van der Waals surface area (Å²) in [6.07, 6.45) is -0.442. The van der Waals surface area contributed by atoms with Crippen LogP contribution in [0.15, 0.2) is 0 Å². The number of hydrogen-bond acceptors (Lipinski definition) is 4. The highest BCUT2D eigenvalue weighted by Gasteiger charge is 2.40. The first-order chi connectivity index (χ1) is 7.13. The molecule has 96 valence electrons. The van der Waals surface area contributed by atoms with Gasteiger partial charge in [-0.15, -0.1) is 0 Å². The maximum Gasteiger partial charge on any atom is 0.303 e. The summed E-state index contributed by atoms with van der Waals surface area (Å²) in [6, 6.07) is 0. The van der Waals surface area contributed by atoms with E-state index in [9.17, 15) is 19.4 Å². The van der Waals surface area contributed by atoms with Gasteiger partial charge in [-0.1, -0.05) is 13.8 Å². The summed E-state index contributed by atoms with van der Waals surface area (Å²) < 4.78 is 11.7. The average Bonchev–Trinajstić information content (AvgIpc) is 2.15. The van der Waals surface area contributed by atoms with E-state index in [2.05, 4.69) is 0 Å². The molecule has 0 aromatic carbocycles. The molecule has 4 N–H and O–H groups in total. The molecule has 0 aliphatic rings. The molecule has 0 saturated carbocycles. The van der Waals surface area contributed by atoms with Crippen molar-refractivity contribution in [1.29, 1.82) is 0 Å². The summed E-state index contributed by atoms with van der Waals surface area (Å²) in [5, 5.41) is 27.0. The number of carbonyl (C=O) groups is 1. The SMILES string of the molecule is CC(C)(CO)C(O)P(=O)(O)CCCC(=O)O. The van der Waals surface area contributed by atoms with Crippen molar-refractivity contribution in [2.75, 3.05) is 12.8 Å². The fourth-order valence-corrected chi connectivity index (χ4v) is 3.24. The lowest BCUT2D eigenvalue weighted by Gasteiger charge is -2.31. The van der Waals surface area contributed by atoms with Gasteiger partial charge in [0.05, 0.1) is 6.61 Å². The molecule has 7 heteroatoms. The standard InChI is InChI=1S/C9H19O6P/c1-9(2,6-10)8(13)16(14,15)5-3-4-7(11)12/h8,10,13H,3-6H2,1-2H3,(H,11,12)(H,14,15). The zero-order chi connectivity index (χ0) is 13.0. The summed E-state index contributed by atoms with van der Waals surface area (Å²) in [5.74, 6) is -2.59. The number of aliphatic hydroxyl groups is 2. The third-order valence-corrected chi connectivity index (χ3v) is 4.78. The third-order valence-electron chi connectivity index (χ3n) is 2.36. The molecule has 0 radical (unpaired) electrons.